The number of nitrogens with two attached hydrogens (primary N) is 1. The van der Waals surface area contributed by atoms with Crippen LogP contribution in [0, 0.1) is 15.2 Å². The fraction of sp³-hybridized carbons (Fsp3) is 0.308. The number of aliphatic hydroxyl groups is 1. The molecule has 184 valence electrons. The Morgan fingerprint density at radius 3 is 2.71 bits per heavy atom. The van der Waals surface area contributed by atoms with Crippen molar-refractivity contribution in [2.75, 3.05) is 12.3 Å². The summed E-state index contributed by atoms with van der Waals surface area (Å²) in [6.07, 6.45) is 3.29. The van der Waals surface area contributed by atoms with Crippen molar-refractivity contribution in [3.05, 3.63) is 81.2 Å². The van der Waals surface area contributed by atoms with Crippen LogP contribution in [0.15, 0.2) is 49.2 Å². The molecule has 1 fully saturated rings. The van der Waals surface area contributed by atoms with Crippen LogP contribution in [0.25, 0.3) is 17.0 Å². The smallest absolute Gasteiger partial charge is 0.150 e. The van der Waals surface area contributed by atoms with E-state index in [1.165, 1.54) is 24.3 Å². The maximum atomic E-state index is 15.1. The molecule has 1 saturated carbocycles. The zero-order chi connectivity index (χ0) is 25.1. The molecular formula is C26H26F3IN4O. The van der Waals surface area contributed by atoms with Crippen LogP contribution in [0.5, 0.6) is 0 Å². The standard InChI is InChI=1S/C26H26F3IN4O/c1-14(33-24(13-35)17-8-19(28)11-20(30)9-17)21-6-5-16(10-22(21)29)25-26(31)32-12-23(34-25)15-3-2-4-18(27)7-15/h5-6,8-12,15,18,24,33,35H,1-4,7,13H2,(H2,31,32)/t15-,18+,24-/m1/s1. The molecule has 0 aliphatic heterocycles. The molecule has 0 unspecified atom stereocenters. The molecule has 2 aromatic carbocycles. The first kappa shape index (κ1) is 25.4. The number of aromatic nitrogens is 2. The summed E-state index contributed by atoms with van der Waals surface area (Å²) >= 11 is 1.99. The third-order valence-corrected chi connectivity index (χ3v) is 6.86. The van der Waals surface area contributed by atoms with Gasteiger partial charge in [0.1, 0.15) is 29.3 Å². The molecule has 1 heterocycles. The molecule has 4 N–H and O–H groups in total. The van der Waals surface area contributed by atoms with Gasteiger partial charge in [0.15, 0.2) is 0 Å². The molecule has 0 amide bonds. The molecule has 0 spiro atoms. The molecule has 3 atom stereocenters. The maximum absolute atomic E-state index is 15.1. The Bertz CT molecular complexity index is 1220. The van der Waals surface area contributed by atoms with Gasteiger partial charge in [0.2, 0.25) is 0 Å². The van der Waals surface area contributed by atoms with Crippen LogP contribution in [0.1, 0.15) is 54.5 Å². The van der Waals surface area contributed by atoms with Gasteiger partial charge >= 0.3 is 0 Å². The molecular weight excluding hydrogens is 568 g/mol. The molecule has 4 rings (SSSR count). The van der Waals surface area contributed by atoms with E-state index in [-0.39, 0.29) is 29.6 Å². The van der Waals surface area contributed by atoms with E-state index in [1.54, 1.807) is 18.3 Å². The lowest BCUT2D eigenvalue weighted by Crippen LogP contribution is -2.23. The van der Waals surface area contributed by atoms with Crippen LogP contribution in [-0.4, -0.2) is 27.9 Å². The van der Waals surface area contributed by atoms with E-state index >= 15 is 4.39 Å². The third kappa shape index (κ3) is 5.95. The molecule has 3 aromatic rings. The topological polar surface area (TPSA) is 84.1 Å². The van der Waals surface area contributed by atoms with E-state index in [4.69, 9.17) is 5.73 Å². The molecule has 0 bridgehead atoms. The average Bonchev–Trinajstić information content (AvgIpc) is 2.82. The fourth-order valence-corrected chi connectivity index (χ4v) is 5.08. The lowest BCUT2D eigenvalue weighted by atomic mass is 9.86. The van der Waals surface area contributed by atoms with Crippen molar-refractivity contribution >= 4 is 34.1 Å². The first-order chi connectivity index (χ1) is 16.7. The number of benzene rings is 2. The Kier molecular flexibility index (Phi) is 7.95. The van der Waals surface area contributed by atoms with E-state index in [0.717, 1.165) is 12.8 Å². The van der Waals surface area contributed by atoms with Crippen LogP contribution in [-0.2, 0) is 0 Å². The number of alkyl halides is 1. The second-order valence-corrected chi connectivity index (χ2v) is 9.99. The second-order valence-electron chi connectivity index (χ2n) is 8.74. The largest absolute Gasteiger partial charge is 0.394 e. The van der Waals surface area contributed by atoms with E-state index in [0.29, 0.717) is 38.9 Å². The number of nitrogen functional groups attached to an aromatic ring is 1. The van der Waals surface area contributed by atoms with Crippen molar-refractivity contribution in [1.82, 2.24) is 15.3 Å². The van der Waals surface area contributed by atoms with Gasteiger partial charge in [-0.15, -0.1) is 0 Å². The number of rotatable bonds is 7. The Balaban J connectivity index is 1.56. The van der Waals surface area contributed by atoms with Gasteiger partial charge in [-0.05, 0) is 84.2 Å². The summed E-state index contributed by atoms with van der Waals surface area (Å²) in [5.74, 6) is -0.880. The summed E-state index contributed by atoms with van der Waals surface area (Å²) in [4.78, 5) is 8.83. The van der Waals surface area contributed by atoms with Crippen LogP contribution >= 0.6 is 22.6 Å². The highest BCUT2D eigenvalue weighted by atomic mass is 127. The van der Waals surface area contributed by atoms with Crippen molar-refractivity contribution < 1.29 is 18.3 Å². The van der Waals surface area contributed by atoms with Gasteiger partial charge in [-0.25, -0.2) is 23.1 Å². The fourth-order valence-electron chi connectivity index (χ4n) is 4.43. The minimum atomic E-state index is -0.856. The lowest BCUT2D eigenvalue weighted by molar-refractivity contribution is 0.229. The highest BCUT2D eigenvalue weighted by Crippen LogP contribution is 2.35. The zero-order valence-corrected chi connectivity index (χ0v) is 21.1. The predicted octanol–water partition coefficient (Wildman–Crippen LogP) is 5.90. The van der Waals surface area contributed by atoms with Crippen LogP contribution < -0.4 is 11.1 Å². The molecule has 1 aliphatic rings. The summed E-state index contributed by atoms with van der Waals surface area (Å²) < 4.78 is 43.5. The number of hydrogen-bond acceptors (Lipinski definition) is 5. The van der Waals surface area contributed by atoms with Gasteiger partial charge in [-0.3, -0.25) is 0 Å². The van der Waals surface area contributed by atoms with E-state index in [2.05, 4.69) is 21.9 Å². The molecule has 9 heteroatoms. The SMILES string of the molecule is C=C(N[C@H](CO)c1cc(F)cc(I)c1)c1ccc(-c2nc([C@@H]3CCC[C@H](F)C3)cnc2N)cc1F. The number of nitrogens with zero attached hydrogens (tertiary/aromatic N) is 2. The Morgan fingerprint density at radius 1 is 1.23 bits per heavy atom. The average molecular weight is 594 g/mol. The molecule has 1 aromatic heterocycles. The number of aliphatic hydroxyl groups excluding tert-OH is 1. The van der Waals surface area contributed by atoms with Crippen LogP contribution in [0.3, 0.4) is 0 Å². The van der Waals surface area contributed by atoms with Crippen molar-refractivity contribution in [2.45, 2.75) is 43.8 Å². The maximum Gasteiger partial charge on any atom is 0.150 e. The van der Waals surface area contributed by atoms with E-state index in [1.807, 2.05) is 22.6 Å². The van der Waals surface area contributed by atoms with Crippen molar-refractivity contribution in [3.8, 4) is 11.3 Å². The summed E-state index contributed by atoms with van der Waals surface area (Å²) in [5.41, 5.74) is 8.42. The monoisotopic (exact) mass is 594 g/mol. The highest BCUT2D eigenvalue weighted by Gasteiger charge is 2.25. The normalized spacial score (nSPS) is 18.8. The van der Waals surface area contributed by atoms with Crippen LogP contribution in [0.2, 0.25) is 0 Å². The van der Waals surface area contributed by atoms with Gasteiger partial charge < -0.3 is 16.2 Å². The number of anilines is 1. The molecule has 0 saturated heterocycles. The summed E-state index contributed by atoms with van der Waals surface area (Å²) in [6, 6.07) is 8.25. The molecule has 0 radical (unpaired) electrons. The minimum absolute atomic E-state index is 0.0417. The number of halogens is 4. The minimum Gasteiger partial charge on any atom is -0.394 e. The predicted molar refractivity (Wildman–Crippen MR) is 139 cm³/mol. The Hall–Kier alpha value is -2.66. The van der Waals surface area contributed by atoms with Crippen molar-refractivity contribution in [2.24, 2.45) is 0 Å². The zero-order valence-electron chi connectivity index (χ0n) is 18.9. The first-order valence-corrected chi connectivity index (χ1v) is 12.4. The second kappa shape index (κ2) is 10.9. The highest BCUT2D eigenvalue weighted by molar-refractivity contribution is 14.1. The summed E-state index contributed by atoms with van der Waals surface area (Å²) in [6.45, 7) is 3.56. The first-order valence-electron chi connectivity index (χ1n) is 11.3. The third-order valence-electron chi connectivity index (χ3n) is 6.23. The van der Waals surface area contributed by atoms with E-state index < -0.39 is 23.8 Å². The number of nitrogens with one attached hydrogen (secondary N) is 1. The van der Waals surface area contributed by atoms with Crippen molar-refractivity contribution in [1.29, 1.82) is 0 Å². The van der Waals surface area contributed by atoms with Crippen molar-refractivity contribution in [3.63, 3.8) is 0 Å². The van der Waals surface area contributed by atoms with Gasteiger partial charge in [0.25, 0.3) is 0 Å². The molecule has 5 nitrogen and oxygen atoms in total. The molecule has 35 heavy (non-hydrogen) atoms. The van der Waals surface area contributed by atoms with Gasteiger partial charge in [0, 0.05) is 26.3 Å². The quantitative estimate of drug-likeness (QED) is 0.297. The van der Waals surface area contributed by atoms with Gasteiger partial charge in [0.05, 0.1) is 24.5 Å². The van der Waals surface area contributed by atoms with Gasteiger partial charge in [-0.2, -0.15) is 0 Å². The Labute approximate surface area is 215 Å². The molecule has 1 aliphatic carbocycles. The summed E-state index contributed by atoms with van der Waals surface area (Å²) in [7, 11) is 0. The van der Waals surface area contributed by atoms with Gasteiger partial charge in [-0.1, -0.05) is 12.6 Å². The number of hydrogen-bond donors (Lipinski definition) is 3. The lowest BCUT2D eigenvalue weighted by Gasteiger charge is -2.24. The van der Waals surface area contributed by atoms with E-state index in [9.17, 15) is 13.9 Å². The van der Waals surface area contributed by atoms with Crippen LogP contribution in [0.4, 0.5) is 19.0 Å². The Morgan fingerprint density at radius 2 is 2.03 bits per heavy atom. The summed E-state index contributed by atoms with van der Waals surface area (Å²) in [5, 5.41) is 12.8.